The first-order chi connectivity index (χ1) is 9.17. The van der Waals surface area contributed by atoms with Crippen LogP contribution < -0.4 is 0 Å². The number of nitriles is 1. The molecular formula is C12H10N6O. The molecule has 0 fully saturated rings. The summed E-state index contributed by atoms with van der Waals surface area (Å²) in [4.78, 5) is 4.31. The number of aryl methyl sites for hydroxylation is 2. The molecule has 7 nitrogen and oxygen atoms in total. The van der Waals surface area contributed by atoms with Gasteiger partial charge in [0.2, 0.25) is 5.82 Å². The Kier molecular flexibility index (Phi) is 2.42. The van der Waals surface area contributed by atoms with Gasteiger partial charge >= 0.3 is 0 Å². The van der Waals surface area contributed by atoms with Gasteiger partial charge in [-0.15, -0.1) is 0 Å². The Hall–Kier alpha value is -2.88. The van der Waals surface area contributed by atoms with Crippen LogP contribution in [0.2, 0.25) is 0 Å². The van der Waals surface area contributed by atoms with E-state index in [0.29, 0.717) is 23.0 Å². The van der Waals surface area contributed by atoms with E-state index in [1.807, 2.05) is 14.1 Å². The molecule has 19 heavy (non-hydrogen) atoms. The van der Waals surface area contributed by atoms with Crippen molar-refractivity contribution in [1.82, 2.24) is 24.5 Å². The van der Waals surface area contributed by atoms with Crippen molar-refractivity contribution in [2.75, 3.05) is 0 Å². The molecule has 0 amide bonds. The van der Waals surface area contributed by atoms with Crippen molar-refractivity contribution < 1.29 is 4.52 Å². The highest BCUT2D eigenvalue weighted by molar-refractivity contribution is 5.58. The molecule has 0 atom stereocenters. The van der Waals surface area contributed by atoms with Gasteiger partial charge in [0.1, 0.15) is 11.8 Å². The molecular weight excluding hydrogens is 244 g/mol. The van der Waals surface area contributed by atoms with Crippen LogP contribution in [0.3, 0.4) is 0 Å². The molecule has 0 radical (unpaired) electrons. The summed E-state index contributed by atoms with van der Waals surface area (Å²) in [6.45, 7) is 0. The predicted molar refractivity (Wildman–Crippen MR) is 65.6 cm³/mol. The third-order valence-corrected chi connectivity index (χ3v) is 2.74. The molecule has 0 N–H and O–H groups in total. The quantitative estimate of drug-likeness (QED) is 0.689. The summed E-state index contributed by atoms with van der Waals surface area (Å²) in [5.41, 5.74) is 2.05. The van der Waals surface area contributed by atoms with Crippen molar-refractivity contribution in [3.63, 3.8) is 0 Å². The van der Waals surface area contributed by atoms with Crippen LogP contribution in [0, 0.1) is 11.3 Å². The average molecular weight is 254 g/mol. The Morgan fingerprint density at radius 3 is 2.79 bits per heavy atom. The van der Waals surface area contributed by atoms with E-state index < -0.39 is 0 Å². The van der Waals surface area contributed by atoms with Crippen LogP contribution in [0.25, 0.3) is 23.0 Å². The molecule has 0 saturated carbocycles. The number of hydrogen-bond donors (Lipinski definition) is 0. The molecule has 0 unspecified atom stereocenters. The van der Waals surface area contributed by atoms with Gasteiger partial charge < -0.3 is 9.09 Å². The number of aromatic nitrogens is 5. The van der Waals surface area contributed by atoms with Crippen LogP contribution in [-0.4, -0.2) is 24.5 Å². The van der Waals surface area contributed by atoms with Gasteiger partial charge in [0, 0.05) is 26.5 Å². The van der Waals surface area contributed by atoms with Gasteiger partial charge in [0.15, 0.2) is 0 Å². The Bertz CT molecular complexity index is 772. The van der Waals surface area contributed by atoms with Crippen LogP contribution in [-0.2, 0) is 14.1 Å². The minimum Gasteiger partial charge on any atom is -0.345 e. The Balaban J connectivity index is 2.01. The second-order valence-corrected chi connectivity index (χ2v) is 4.16. The first-order valence-corrected chi connectivity index (χ1v) is 5.57. The minimum atomic E-state index is 0.378. The summed E-state index contributed by atoms with van der Waals surface area (Å²) in [6.07, 6.45) is 5.18. The highest BCUT2D eigenvalue weighted by Crippen LogP contribution is 2.23. The highest BCUT2D eigenvalue weighted by Gasteiger charge is 2.15. The van der Waals surface area contributed by atoms with Crippen molar-refractivity contribution in [3.8, 4) is 29.0 Å². The topological polar surface area (TPSA) is 85.5 Å². The zero-order chi connectivity index (χ0) is 13.4. The fourth-order valence-electron chi connectivity index (χ4n) is 1.82. The molecule has 0 aliphatic carbocycles. The normalized spacial score (nSPS) is 10.6. The highest BCUT2D eigenvalue weighted by atomic mass is 16.5. The van der Waals surface area contributed by atoms with Crippen LogP contribution in [0.15, 0.2) is 29.2 Å². The molecule has 7 heteroatoms. The van der Waals surface area contributed by atoms with Gasteiger partial charge in [-0.2, -0.15) is 15.3 Å². The molecule has 3 heterocycles. The third-order valence-electron chi connectivity index (χ3n) is 2.74. The summed E-state index contributed by atoms with van der Waals surface area (Å²) in [5, 5.41) is 16.8. The molecule has 0 saturated heterocycles. The summed E-state index contributed by atoms with van der Waals surface area (Å²) in [6, 6.07) is 3.78. The maximum Gasteiger partial charge on any atom is 0.274 e. The van der Waals surface area contributed by atoms with E-state index >= 15 is 0 Å². The lowest BCUT2D eigenvalue weighted by Gasteiger charge is -1.94. The van der Waals surface area contributed by atoms with Crippen molar-refractivity contribution in [3.05, 3.63) is 30.2 Å². The Morgan fingerprint density at radius 2 is 2.16 bits per heavy atom. The molecule has 0 bridgehead atoms. The van der Waals surface area contributed by atoms with Crippen LogP contribution in [0.1, 0.15) is 5.56 Å². The average Bonchev–Trinajstić information content (AvgIpc) is 3.07. The Labute approximate surface area is 108 Å². The maximum absolute atomic E-state index is 8.87. The smallest absolute Gasteiger partial charge is 0.274 e. The van der Waals surface area contributed by atoms with Gasteiger partial charge in [-0.05, 0) is 6.07 Å². The second-order valence-electron chi connectivity index (χ2n) is 4.16. The van der Waals surface area contributed by atoms with E-state index in [1.54, 1.807) is 33.9 Å². The van der Waals surface area contributed by atoms with E-state index in [2.05, 4.69) is 21.3 Å². The van der Waals surface area contributed by atoms with Crippen molar-refractivity contribution in [2.45, 2.75) is 0 Å². The van der Waals surface area contributed by atoms with E-state index in [9.17, 15) is 0 Å². The zero-order valence-corrected chi connectivity index (χ0v) is 10.4. The predicted octanol–water partition coefficient (Wildman–Crippen LogP) is 1.35. The van der Waals surface area contributed by atoms with Gasteiger partial charge in [0.25, 0.3) is 5.89 Å². The van der Waals surface area contributed by atoms with Gasteiger partial charge in [-0.25, -0.2) is 0 Å². The van der Waals surface area contributed by atoms with E-state index in [1.165, 1.54) is 0 Å². The molecule has 0 aliphatic rings. The van der Waals surface area contributed by atoms with E-state index in [0.717, 1.165) is 5.56 Å². The molecule has 0 aromatic carbocycles. The second kappa shape index (κ2) is 4.10. The zero-order valence-electron chi connectivity index (χ0n) is 10.4. The third kappa shape index (κ3) is 1.89. The number of nitrogens with zero attached hydrogens (tertiary/aromatic N) is 6. The fraction of sp³-hybridized carbons (Fsp3) is 0.167. The van der Waals surface area contributed by atoms with E-state index in [4.69, 9.17) is 9.78 Å². The first kappa shape index (κ1) is 11.2. The van der Waals surface area contributed by atoms with Crippen LogP contribution in [0.4, 0.5) is 0 Å². The summed E-state index contributed by atoms with van der Waals surface area (Å²) in [5.74, 6) is 0.852. The number of hydrogen-bond acceptors (Lipinski definition) is 5. The van der Waals surface area contributed by atoms with Crippen LogP contribution >= 0.6 is 0 Å². The maximum atomic E-state index is 8.87. The monoisotopic (exact) mass is 254 g/mol. The SMILES string of the molecule is Cn1cc(-c2noc(-c3cc(C#N)cn3C)n2)cn1. The number of rotatable bonds is 2. The molecule has 3 aromatic rings. The standard InChI is InChI=1S/C12H10N6O/c1-17-6-8(4-13)3-10(17)12-15-11(16-19-12)9-5-14-18(2)7-9/h3,5-7H,1-2H3. The lowest BCUT2D eigenvalue weighted by Crippen LogP contribution is -1.89. The van der Waals surface area contributed by atoms with Crippen molar-refractivity contribution in [2.24, 2.45) is 14.1 Å². The fourth-order valence-corrected chi connectivity index (χ4v) is 1.82. The molecule has 94 valence electrons. The van der Waals surface area contributed by atoms with Crippen molar-refractivity contribution in [1.29, 1.82) is 5.26 Å². The Morgan fingerprint density at radius 1 is 1.32 bits per heavy atom. The van der Waals surface area contributed by atoms with Crippen LogP contribution in [0.5, 0.6) is 0 Å². The molecule has 3 rings (SSSR count). The lowest BCUT2D eigenvalue weighted by molar-refractivity contribution is 0.429. The summed E-state index contributed by atoms with van der Waals surface area (Å²) >= 11 is 0. The van der Waals surface area contributed by atoms with Gasteiger partial charge in [-0.3, -0.25) is 4.68 Å². The molecule has 0 spiro atoms. The first-order valence-electron chi connectivity index (χ1n) is 5.57. The summed E-state index contributed by atoms with van der Waals surface area (Å²) < 4.78 is 8.67. The van der Waals surface area contributed by atoms with Crippen molar-refractivity contribution >= 4 is 0 Å². The molecule has 3 aromatic heterocycles. The van der Waals surface area contributed by atoms with Gasteiger partial charge in [-0.1, -0.05) is 5.16 Å². The largest absolute Gasteiger partial charge is 0.345 e. The minimum absolute atomic E-state index is 0.378. The molecule has 0 aliphatic heterocycles. The van der Waals surface area contributed by atoms with E-state index in [-0.39, 0.29) is 0 Å². The van der Waals surface area contributed by atoms with Gasteiger partial charge in [0.05, 0.1) is 17.3 Å². The lowest BCUT2D eigenvalue weighted by atomic mass is 10.3. The summed E-state index contributed by atoms with van der Waals surface area (Å²) in [7, 11) is 3.64.